The van der Waals surface area contributed by atoms with E-state index in [0.29, 0.717) is 13.2 Å². The quantitative estimate of drug-likeness (QED) is 0.482. The van der Waals surface area contributed by atoms with Crippen molar-refractivity contribution < 1.29 is 19.4 Å². The van der Waals surface area contributed by atoms with Crippen LogP contribution in [0.1, 0.15) is 26.7 Å². The molecule has 2 amide bonds. The van der Waals surface area contributed by atoms with Gasteiger partial charge >= 0.3 is 12.0 Å². The molecule has 0 radical (unpaired) electrons. The summed E-state index contributed by atoms with van der Waals surface area (Å²) in [4.78, 5) is 24.8. The van der Waals surface area contributed by atoms with Gasteiger partial charge in [0.15, 0.2) is 0 Å². The van der Waals surface area contributed by atoms with E-state index in [-0.39, 0.29) is 6.42 Å². The highest BCUT2D eigenvalue weighted by Crippen LogP contribution is 1.93. The van der Waals surface area contributed by atoms with Gasteiger partial charge in [-0.15, -0.1) is 0 Å². The van der Waals surface area contributed by atoms with Gasteiger partial charge in [-0.3, -0.25) is 0 Å². The molecule has 20 heavy (non-hydrogen) atoms. The molecule has 7 nitrogen and oxygen atoms in total. The molecule has 0 aromatic heterocycles. The second-order valence-electron chi connectivity index (χ2n) is 4.45. The molecule has 0 spiro atoms. The fourth-order valence-electron chi connectivity index (χ4n) is 1.75. The van der Waals surface area contributed by atoms with Crippen molar-refractivity contribution in [3.63, 3.8) is 0 Å². The Hall–Kier alpha value is -1.34. The largest absolute Gasteiger partial charge is 0.480 e. The second kappa shape index (κ2) is 11.5. The SMILES string of the molecule is CCN(CC)CCCNC(=O)NC(CCOC)C(=O)O. The molecule has 0 fully saturated rings. The molecule has 7 heteroatoms. The Balaban J connectivity index is 3.87. The van der Waals surface area contributed by atoms with Crippen LogP contribution in [0, 0.1) is 0 Å². The van der Waals surface area contributed by atoms with Gasteiger partial charge in [0.2, 0.25) is 0 Å². The van der Waals surface area contributed by atoms with Crippen LogP contribution >= 0.6 is 0 Å². The number of nitrogens with zero attached hydrogens (tertiary/aromatic N) is 1. The highest BCUT2D eigenvalue weighted by molar-refractivity contribution is 5.82. The Morgan fingerprint density at radius 2 is 1.95 bits per heavy atom. The van der Waals surface area contributed by atoms with Crippen molar-refractivity contribution in [3.8, 4) is 0 Å². The van der Waals surface area contributed by atoms with Gasteiger partial charge in [-0.25, -0.2) is 9.59 Å². The fraction of sp³-hybridized carbons (Fsp3) is 0.846. The summed E-state index contributed by atoms with van der Waals surface area (Å²) >= 11 is 0. The predicted octanol–water partition coefficient (Wildman–Crippen LogP) is 0.507. The number of urea groups is 1. The third-order valence-corrected chi connectivity index (χ3v) is 3.05. The molecule has 1 unspecified atom stereocenters. The molecular formula is C13H27N3O4. The third kappa shape index (κ3) is 8.71. The maximum Gasteiger partial charge on any atom is 0.326 e. The summed E-state index contributed by atoms with van der Waals surface area (Å²) in [5.74, 6) is -1.06. The second-order valence-corrected chi connectivity index (χ2v) is 4.45. The van der Waals surface area contributed by atoms with Crippen molar-refractivity contribution in [3.05, 3.63) is 0 Å². The number of ether oxygens (including phenoxy) is 1. The van der Waals surface area contributed by atoms with Gasteiger partial charge in [0, 0.05) is 26.7 Å². The molecule has 0 aliphatic carbocycles. The molecule has 0 aliphatic heterocycles. The number of amides is 2. The highest BCUT2D eigenvalue weighted by Gasteiger charge is 2.19. The maximum atomic E-state index is 11.6. The summed E-state index contributed by atoms with van der Waals surface area (Å²) in [6.45, 7) is 7.90. The van der Waals surface area contributed by atoms with Crippen LogP contribution in [-0.2, 0) is 9.53 Å². The summed E-state index contributed by atoms with van der Waals surface area (Å²) in [5, 5.41) is 14.0. The van der Waals surface area contributed by atoms with Crippen LogP contribution in [0.4, 0.5) is 4.79 Å². The summed E-state index contributed by atoms with van der Waals surface area (Å²) in [6, 6.07) is -1.37. The monoisotopic (exact) mass is 289 g/mol. The molecule has 118 valence electrons. The molecule has 3 N–H and O–H groups in total. The molecule has 0 saturated carbocycles. The molecule has 0 aromatic rings. The summed E-state index contributed by atoms with van der Waals surface area (Å²) in [5.41, 5.74) is 0. The van der Waals surface area contributed by atoms with E-state index in [1.807, 2.05) is 0 Å². The average molecular weight is 289 g/mol. The molecule has 1 atom stereocenters. The minimum absolute atomic E-state index is 0.249. The van der Waals surface area contributed by atoms with Crippen molar-refractivity contribution in [2.24, 2.45) is 0 Å². The van der Waals surface area contributed by atoms with E-state index in [0.717, 1.165) is 26.1 Å². The number of carboxylic acids is 1. The molecular weight excluding hydrogens is 262 g/mol. The Morgan fingerprint density at radius 1 is 1.30 bits per heavy atom. The zero-order valence-electron chi connectivity index (χ0n) is 12.6. The number of nitrogens with one attached hydrogen (secondary N) is 2. The van der Waals surface area contributed by atoms with E-state index < -0.39 is 18.0 Å². The molecule has 0 aromatic carbocycles. The maximum absolute atomic E-state index is 11.6. The number of aliphatic carboxylic acids is 1. The van der Waals surface area contributed by atoms with E-state index in [1.54, 1.807) is 0 Å². The van der Waals surface area contributed by atoms with E-state index >= 15 is 0 Å². The van der Waals surface area contributed by atoms with Crippen molar-refractivity contribution in [2.75, 3.05) is 39.9 Å². The van der Waals surface area contributed by atoms with Crippen molar-refractivity contribution >= 4 is 12.0 Å². The molecule has 0 rings (SSSR count). The summed E-state index contributed by atoms with van der Waals surface area (Å²) < 4.78 is 4.81. The Kier molecular flexibility index (Phi) is 10.7. The van der Waals surface area contributed by atoms with Gasteiger partial charge < -0.3 is 25.4 Å². The van der Waals surface area contributed by atoms with Gasteiger partial charge in [0.05, 0.1) is 0 Å². The van der Waals surface area contributed by atoms with E-state index in [1.165, 1.54) is 7.11 Å². The summed E-state index contributed by atoms with van der Waals surface area (Å²) in [7, 11) is 1.49. The number of carbonyl (C=O) groups is 2. The van der Waals surface area contributed by atoms with Crippen LogP contribution in [0.25, 0.3) is 0 Å². The lowest BCUT2D eigenvalue weighted by Crippen LogP contribution is -2.47. The summed E-state index contributed by atoms with van der Waals surface area (Å²) in [6.07, 6.45) is 1.09. The van der Waals surface area contributed by atoms with Crippen LogP contribution in [0.5, 0.6) is 0 Å². The normalized spacial score (nSPS) is 12.2. The van der Waals surface area contributed by atoms with Crippen molar-refractivity contribution in [1.82, 2.24) is 15.5 Å². The van der Waals surface area contributed by atoms with Gasteiger partial charge in [-0.2, -0.15) is 0 Å². The lowest BCUT2D eigenvalue weighted by atomic mass is 10.2. The van der Waals surface area contributed by atoms with E-state index in [4.69, 9.17) is 9.84 Å². The number of rotatable bonds is 11. The molecule has 0 heterocycles. The number of carbonyl (C=O) groups excluding carboxylic acids is 1. The third-order valence-electron chi connectivity index (χ3n) is 3.05. The predicted molar refractivity (Wildman–Crippen MR) is 76.9 cm³/mol. The van der Waals surface area contributed by atoms with Crippen LogP contribution < -0.4 is 10.6 Å². The smallest absolute Gasteiger partial charge is 0.326 e. The van der Waals surface area contributed by atoms with Crippen LogP contribution in [0.2, 0.25) is 0 Å². The topological polar surface area (TPSA) is 90.9 Å². The van der Waals surface area contributed by atoms with Gasteiger partial charge in [-0.05, 0) is 26.1 Å². The fourth-order valence-corrected chi connectivity index (χ4v) is 1.75. The van der Waals surface area contributed by atoms with Crippen molar-refractivity contribution in [1.29, 1.82) is 0 Å². The number of methoxy groups -OCH3 is 1. The minimum Gasteiger partial charge on any atom is -0.480 e. The van der Waals surface area contributed by atoms with Gasteiger partial charge in [0.25, 0.3) is 0 Å². The van der Waals surface area contributed by atoms with Gasteiger partial charge in [0.1, 0.15) is 6.04 Å². The van der Waals surface area contributed by atoms with Crippen LogP contribution in [-0.4, -0.2) is 67.9 Å². The first-order valence-corrected chi connectivity index (χ1v) is 7.03. The number of hydrogen-bond acceptors (Lipinski definition) is 4. The first kappa shape index (κ1) is 18.7. The lowest BCUT2D eigenvalue weighted by Gasteiger charge is -2.18. The first-order valence-electron chi connectivity index (χ1n) is 7.03. The Bertz CT molecular complexity index is 283. The molecule has 0 bridgehead atoms. The molecule has 0 aliphatic rings. The van der Waals surface area contributed by atoms with Gasteiger partial charge in [-0.1, -0.05) is 13.8 Å². The zero-order chi connectivity index (χ0) is 15.4. The Morgan fingerprint density at radius 3 is 2.45 bits per heavy atom. The van der Waals surface area contributed by atoms with Crippen LogP contribution in [0.15, 0.2) is 0 Å². The van der Waals surface area contributed by atoms with E-state index in [9.17, 15) is 9.59 Å². The number of hydrogen-bond donors (Lipinski definition) is 3. The zero-order valence-corrected chi connectivity index (χ0v) is 12.6. The average Bonchev–Trinajstić information content (AvgIpc) is 2.43. The number of carboxylic acid groups (broad SMARTS) is 1. The lowest BCUT2D eigenvalue weighted by molar-refractivity contribution is -0.139. The van der Waals surface area contributed by atoms with Crippen LogP contribution in [0.3, 0.4) is 0 Å². The first-order chi connectivity index (χ1) is 9.54. The van der Waals surface area contributed by atoms with Crippen molar-refractivity contribution in [2.45, 2.75) is 32.7 Å². The van der Waals surface area contributed by atoms with E-state index in [2.05, 4.69) is 29.4 Å². The molecule has 0 saturated heterocycles. The Labute approximate surface area is 120 Å². The minimum atomic E-state index is -1.06. The highest BCUT2D eigenvalue weighted by atomic mass is 16.5. The standard InChI is InChI=1S/C13H27N3O4/c1-4-16(5-2)9-6-8-14-13(19)15-11(12(17)18)7-10-20-3/h11H,4-10H2,1-3H3,(H,17,18)(H2,14,15,19).